The van der Waals surface area contributed by atoms with Crippen LogP contribution in [0.2, 0.25) is 0 Å². The van der Waals surface area contributed by atoms with E-state index >= 15 is 0 Å². The Labute approximate surface area is 176 Å². The minimum atomic E-state index is -0.188. The molecular formula is C21H18N4O4S. The molecule has 0 fully saturated rings. The highest BCUT2D eigenvalue weighted by Gasteiger charge is 2.18. The molecule has 0 radical (unpaired) electrons. The van der Waals surface area contributed by atoms with Crippen LogP contribution in [0.5, 0.6) is 11.5 Å². The van der Waals surface area contributed by atoms with E-state index in [-0.39, 0.29) is 12.5 Å². The van der Waals surface area contributed by atoms with Crippen LogP contribution in [0.4, 0.5) is 0 Å². The van der Waals surface area contributed by atoms with Crippen LogP contribution < -0.4 is 14.8 Å². The van der Waals surface area contributed by atoms with Crippen molar-refractivity contribution in [3.05, 3.63) is 65.1 Å². The van der Waals surface area contributed by atoms with E-state index in [1.807, 2.05) is 54.2 Å². The second kappa shape index (κ2) is 7.68. The Hall–Kier alpha value is -3.59. The number of fused-ring (bicyclic) bond motifs is 1. The first kappa shape index (κ1) is 18.4. The number of nitrogens with zero attached hydrogens (tertiary/aromatic N) is 3. The van der Waals surface area contributed by atoms with Gasteiger partial charge < -0.3 is 23.9 Å². The molecule has 1 amide bonds. The molecule has 3 aromatic heterocycles. The minimum absolute atomic E-state index is 0.188. The normalized spacial score (nSPS) is 12.7. The van der Waals surface area contributed by atoms with E-state index in [0.29, 0.717) is 41.0 Å². The van der Waals surface area contributed by atoms with E-state index in [2.05, 4.69) is 15.5 Å². The summed E-state index contributed by atoms with van der Waals surface area (Å²) in [7, 11) is 0. The zero-order valence-electron chi connectivity index (χ0n) is 16.1. The fourth-order valence-electron chi connectivity index (χ4n) is 3.14. The lowest BCUT2D eigenvalue weighted by Gasteiger charge is -2.18. The number of benzene rings is 1. The summed E-state index contributed by atoms with van der Waals surface area (Å²) in [6, 6.07) is 11.2. The van der Waals surface area contributed by atoms with E-state index < -0.39 is 0 Å². The lowest BCUT2D eigenvalue weighted by atomic mass is 10.1. The Balaban J connectivity index is 1.27. The number of carbonyl (C=O) groups excluding carboxylic acids is 1. The SMILES string of the molecule is Cc1nc(-n2cccc2)sc1C(=O)NCc1cc(-c2ccc3c(c2)OCCO3)on1. The zero-order valence-corrected chi connectivity index (χ0v) is 16.9. The van der Waals surface area contributed by atoms with Gasteiger partial charge in [-0.05, 0) is 37.3 Å². The van der Waals surface area contributed by atoms with Gasteiger partial charge in [0.2, 0.25) is 0 Å². The van der Waals surface area contributed by atoms with Crippen LogP contribution in [0, 0.1) is 6.92 Å². The maximum absolute atomic E-state index is 12.6. The average Bonchev–Trinajstić information content (AvgIpc) is 3.52. The summed E-state index contributed by atoms with van der Waals surface area (Å²) in [5, 5.41) is 7.70. The predicted molar refractivity (Wildman–Crippen MR) is 110 cm³/mol. The summed E-state index contributed by atoms with van der Waals surface area (Å²) in [6.07, 6.45) is 3.80. The maximum atomic E-state index is 12.6. The molecule has 9 heteroatoms. The Kier molecular flexibility index (Phi) is 4.72. The molecular weight excluding hydrogens is 404 g/mol. The molecule has 5 rings (SSSR count). The first-order chi connectivity index (χ1) is 14.7. The molecule has 30 heavy (non-hydrogen) atoms. The number of hydrogen-bond donors (Lipinski definition) is 1. The van der Waals surface area contributed by atoms with Crippen LogP contribution in [0.1, 0.15) is 21.1 Å². The van der Waals surface area contributed by atoms with E-state index in [1.165, 1.54) is 11.3 Å². The van der Waals surface area contributed by atoms with E-state index in [9.17, 15) is 4.79 Å². The van der Waals surface area contributed by atoms with Gasteiger partial charge in [0, 0.05) is 24.0 Å². The van der Waals surface area contributed by atoms with Gasteiger partial charge in [-0.15, -0.1) is 0 Å². The highest BCUT2D eigenvalue weighted by Crippen LogP contribution is 2.34. The van der Waals surface area contributed by atoms with Gasteiger partial charge in [0.1, 0.15) is 23.8 Å². The van der Waals surface area contributed by atoms with Gasteiger partial charge in [0.15, 0.2) is 22.4 Å². The molecule has 0 atom stereocenters. The van der Waals surface area contributed by atoms with E-state index in [4.69, 9.17) is 14.0 Å². The minimum Gasteiger partial charge on any atom is -0.486 e. The Bertz CT molecular complexity index is 1200. The van der Waals surface area contributed by atoms with Crippen LogP contribution >= 0.6 is 11.3 Å². The first-order valence-corrected chi connectivity index (χ1v) is 10.2. The number of carbonyl (C=O) groups is 1. The third-order valence-corrected chi connectivity index (χ3v) is 5.80. The summed E-state index contributed by atoms with van der Waals surface area (Å²) < 4.78 is 18.5. The van der Waals surface area contributed by atoms with E-state index in [0.717, 1.165) is 16.4 Å². The van der Waals surface area contributed by atoms with Crippen molar-refractivity contribution in [1.82, 2.24) is 20.0 Å². The van der Waals surface area contributed by atoms with Gasteiger partial charge in [0.25, 0.3) is 5.91 Å². The fourth-order valence-corrected chi connectivity index (χ4v) is 4.09. The van der Waals surface area contributed by atoms with E-state index in [1.54, 1.807) is 6.07 Å². The number of aryl methyl sites for hydroxylation is 1. The third kappa shape index (κ3) is 3.55. The number of aromatic nitrogens is 3. The highest BCUT2D eigenvalue weighted by atomic mass is 32.1. The second-order valence-electron chi connectivity index (χ2n) is 6.72. The van der Waals surface area contributed by atoms with Gasteiger partial charge in [-0.3, -0.25) is 4.79 Å². The van der Waals surface area contributed by atoms with Gasteiger partial charge in [-0.1, -0.05) is 16.5 Å². The molecule has 4 aromatic rings. The average molecular weight is 422 g/mol. The lowest BCUT2D eigenvalue weighted by molar-refractivity contribution is 0.0953. The summed E-state index contributed by atoms with van der Waals surface area (Å²) in [5.74, 6) is 1.81. The van der Waals surface area contributed by atoms with Crippen molar-refractivity contribution in [2.45, 2.75) is 13.5 Å². The monoisotopic (exact) mass is 422 g/mol. The third-order valence-electron chi connectivity index (χ3n) is 4.63. The molecule has 0 bridgehead atoms. The summed E-state index contributed by atoms with van der Waals surface area (Å²) in [6.45, 7) is 3.15. The molecule has 0 spiro atoms. The van der Waals surface area contributed by atoms with Crippen molar-refractivity contribution < 1.29 is 18.8 Å². The largest absolute Gasteiger partial charge is 0.486 e. The summed E-state index contributed by atoms with van der Waals surface area (Å²) in [5.41, 5.74) is 2.15. The standard InChI is InChI=1S/C21H18N4O4S/c1-13-19(30-21(23-13)25-6-2-3-7-25)20(26)22-12-15-11-17(29-24-15)14-4-5-16-18(10-14)28-9-8-27-16/h2-7,10-11H,8-9,12H2,1H3,(H,22,26). The molecule has 0 saturated heterocycles. The van der Waals surface area contributed by atoms with Crippen molar-refractivity contribution in [2.24, 2.45) is 0 Å². The Morgan fingerprint density at radius 3 is 2.80 bits per heavy atom. The molecule has 4 heterocycles. The molecule has 1 aromatic carbocycles. The number of nitrogens with one attached hydrogen (secondary N) is 1. The number of thiazole rings is 1. The summed E-state index contributed by atoms with van der Waals surface area (Å²) in [4.78, 5) is 17.7. The molecule has 0 unspecified atom stereocenters. The quantitative estimate of drug-likeness (QED) is 0.528. The molecule has 1 N–H and O–H groups in total. The van der Waals surface area contributed by atoms with Gasteiger partial charge in [-0.25, -0.2) is 4.98 Å². The van der Waals surface area contributed by atoms with Crippen molar-refractivity contribution in [1.29, 1.82) is 0 Å². The molecule has 0 aliphatic carbocycles. The first-order valence-electron chi connectivity index (χ1n) is 9.42. The van der Waals surface area contributed by atoms with Crippen LogP contribution in [-0.2, 0) is 6.54 Å². The Morgan fingerprint density at radius 2 is 1.97 bits per heavy atom. The topological polar surface area (TPSA) is 91.4 Å². The van der Waals surface area contributed by atoms with Crippen LogP contribution in [-0.4, -0.2) is 33.8 Å². The van der Waals surface area contributed by atoms with Crippen LogP contribution in [0.25, 0.3) is 16.5 Å². The highest BCUT2D eigenvalue weighted by molar-refractivity contribution is 7.16. The summed E-state index contributed by atoms with van der Waals surface area (Å²) >= 11 is 1.35. The van der Waals surface area contributed by atoms with Crippen molar-refractivity contribution in [3.8, 4) is 28.0 Å². The van der Waals surface area contributed by atoms with Gasteiger partial charge in [-0.2, -0.15) is 0 Å². The molecule has 152 valence electrons. The van der Waals surface area contributed by atoms with Gasteiger partial charge in [0.05, 0.1) is 12.2 Å². The zero-order chi connectivity index (χ0) is 20.5. The molecule has 8 nitrogen and oxygen atoms in total. The molecule has 0 saturated carbocycles. The number of amides is 1. The molecule has 1 aliphatic heterocycles. The van der Waals surface area contributed by atoms with Crippen molar-refractivity contribution in [2.75, 3.05) is 13.2 Å². The smallest absolute Gasteiger partial charge is 0.263 e. The van der Waals surface area contributed by atoms with Crippen LogP contribution in [0.15, 0.2) is 53.3 Å². The van der Waals surface area contributed by atoms with Crippen molar-refractivity contribution in [3.63, 3.8) is 0 Å². The number of rotatable bonds is 5. The lowest BCUT2D eigenvalue weighted by Crippen LogP contribution is -2.22. The number of hydrogen-bond acceptors (Lipinski definition) is 7. The maximum Gasteiger partial charge on any atom is 0.263 e. The van der Waals surface area contributed by atoms with Gasteiger partial charge >= 0.3 is 0 Å². The fraction of sp³-hybridized carbons (Fsp3) is 0.190. The number of ether oxygens (including phenoxy) is 2. The Morgan fingerprint density at radius 1 is 1.17 bits per heavy atom. The second-order valence-corrected chi connectivity index (χ2v) is 7.70. The predicted octanol–water partition coefficient (Wildman–Crippen LogP) is 3.60. The molecule has 1 aliphatic rings. The van der Waals surface area contributed by atoms with Crippen LogP contribution in [0.3, 0.4) is 0 Å². The van der Waals surface area contributed by atoms with Crippen molar-refractivity contribution >= 4 is 17.2 Å².